The molecule has 0 saturated carbocycles. The lowest BCUT2D eigenvalue weighted by atomic mass is 10.1. The van der Waals surface area contributed by atoms with Crippen molar-refractivity contribution in [1.29, 1.82) is 0 Å². The standard InChI is InChI=1S/C16H20N2O4/c19-15(11-18-7-1-2-16(18)20)17-6-5-12-3-4-13-14(10-12)22-9-8-21-13/h3-4,10H,1-2,5-9,11H2,(H,17,19). The van der Waals surface area contributed by atoms with E-state index in [4.69, 9.17) is 9.47 Å². The van der Waals surface area contributed by atoms with Crippen molar-refractivity contribution in [2.45, 2.75) is 19.3 Å². The van der Waals surface area contributed by atoms with Crippen LogP contribution in [-0.2, 0) is 16.0 Å². The van der Waals surface area contributed by atoms with Crippen LogP contribution in [0.25, 0.3) is 0 Å². The van der Waals surface area contributed by atoms with Crippen LogP contribution in [0.1, 0.15) is 18.4 Å². The second-order valence-electron chi connectivity index (χ2n) is 5.50. The van der Waals surface area contributed by atoms with Crippen molar-refractivity contribution in [1.82, 2.24) is 10.2 Å². The van der Waals surface area contributed by atoms with Crippen LogP contribution in [0.4, 0.5) is 0 Å². The van der Waals surface area contributed by atoms with E-state index in [0.29, 0.717) is 32.7 Å². The van der Waals surface area contributed by atoms with Gasteiger partial charge >= 0.3 is 0 Å². The van der Waals surface area contributed by atoms with Crippen molar-refractivity contribution in [2.75, 3.05) is 32.8 Å². The maximum atomic E-state index is 11.8. The highest BCUT2D eigenvalue weighted by molar-refractivity contribution is 5.85. The number of likely N-dealkylation sites (tertiary alicyclic amines) is 1. The lowest BCUT2D eigenvalue weighted by Crippen LogP contribution is -2.38. The normalized spacial score (nSPS) is 16.7. The Morgan fingerprint density at radius 2 is 2.05 bits per heavy atom. The van der Waals surface area contributed by atoms with Crippen LogP contribution in [0, 0.1) is 0 Å². The maximum absolute atomic E-state index is 11.8. The molecule has 2 aliphatic rings. The van der Waals surface area contributed by atoms with Crippen molar-refractivity contribution >= 4 is 11.8 Å². The number of carbonyl (C=O) groups is 2. The molecule has 0 spiro atoms. The number of carbonyl (C=O) groups excluding carboxylic acids is 2. The summed E-state index contributed by atoms with van der Waals surface area (Å²) in [6, 6.07) is 5.82. The predicted octanol–water partition coefficient (Wildman–Crippen LogP) is 0.739. The van der Waals surface area contributed by atoms with Crippen molar-refractivity contribution in [3.63, 3.8) is 0 Å². The molecule has 1 aromatic carbocycles. The van der Waals surface area contributed by atoms with E-state index in [9.17, 15) is 9.59 Å². The number of nitrogens with one attached hydrogen (secondary N) is 1. The Morgan fingerprint density at radius 3 is 2.82 bits per heavy atom. The zero-order chi connectivity index (χ0) is 15.4. The van der Waals surface area contributed by atoms with Crippen LogP contribution in [0.3, 0.4) is 0 Å². The van der Waals surface area contributed by atoms with E-state index < -0.39 is 0 Å². The Hall–Kier alpha value is -2.24. The summed E-state index contributed by atoms with van der Waals surface area (Å²) in [7, 11) is 0. The molecule has 0 aromatic heterocycles. The third-order valence-corrected chi connectivity index (χ3v) is 3.85. The summed E-state index contributed by atoms with van der Waals surface area (Å²) in [6.45, 7) is 2.55. The van der Waals surface area contributed by atoms with E-state index in [1.165, 1.54) is 0 Å². The average molecular weight is 304 g/mol. The van der Waals surface area contributed by atoms with Gasteiger partial charge in [-0.05, 0) is 30.5 Å². The molecule has 2 aliphatic heterocycles. The molecule has 22 heavy (non-hydrogen) atoms. The molecule has 118 valence electrons. The summed E-state index contributed by atoms with van der Waals surface area (Å²) in [6.07, 6.45) is 2.13. The summed E-state index contributed by atoms with van der Waals surface area (Å²) in [4.78, 5) is 24.9. The van der Waals surface area contributed by atoms with Gasteiger partial charge in [-0.25, -0.2) is 0 Å². The summed E-state index contributed by atoms with van der Waals surface area (Å²) in [5, 5.41) is 2.85. The minimum Gasteiger partial charge on any atom is -0.486 e. The molecular weight excluding hydrogens is 284 g/mol. The molecule has 6 heteroatoms. The van der Waals surface area contributed by atoms with Gasteiger partial charge in [0.2, 0.25) is 11.8 Å². The van der Waals surface area contributed by atoms with Crippen LogP contribution in [0.2, 0.25) is 0 Å². The number of nitrogens with zero attached hydrogens (tertiary/aromatic N) is 1. The summed E-state index contributed by atoms with van der Waals surface area (Å²) in [5.41, 5.74) is 1.08. The van der Waals surface area contributed by atoms with Gasteiger partial charge in [0.15, 0.2) is 11.5 Å². The highest BCUT2D eigenvalue weighted by atomic mass is 16.6. The van der Waals surface area contributed by atoms with Crippen LogP contribution in [-0.4, -0.2) is 49.6 Å². The van der Waals surface area contributed by atoms with Gasteiger partial charge in [-0.15, -0.1) is 0 Å². The third kappa shape index (κ3) is 3.50. The van der Waals surface area contributed by atoms with Crippen molar-refractivity contribution < 1.29 is 19.1 Å². The lowest BCUT2D eigenvalue weighted by molar-refractivity contribution is -0.133. The third-order valence-electron chi connectivity index (χ3n) is 3.85. The zero-order valence-electron chi connectivity index (χ0n) is 12.5. The number of fused-ring (bicyclic) bond motifs is 1. The maximum Gasteiger partial charge on any atom is 0.239 e. The summed E-state index contributed by atoms with van der Waals surface area (Å²) in [5.74, 6) is 1.50. The van der Waals surface area contributed by atoms with Gasteiger partial charge in [0.05, 0.1) is 6.54 Å². The first kappa shape index (κ1) is 14.7. The largest absolute Gasteiger partial charge is 0.486 e. The number of amides is 2. The molecule has 2 heterocycles. The topological polar surface area (TPSA) is 67.9 Å². The molecule has 3 rings (SSSR count). The van der Waals surface area contributed by atoms with Gasteiger partial charge in [-0.3, -0.25) is 9.59 Å². The van der Waals surface area contributed by atoms with Gasteiger partial charge in [-0.2, -0.15) is 0 Å². The first-order valence-electron chi connectivity index (χ1n) is 7.65. The molecular formula is C16H20N2O4. The van der Waals surface area contributed by atoms with Crippen molar-refractivity contribution in [3.05, 3.63) is 23.8 Å². The van der Waals surface area contributed by atoms with Gasteiger partial charge in [0, 0.05) is 19.5 Å². The highest BCUT2D eigenvalue weighted by Crippen LogP contribution is 2.30. The Bertz CT molecular complexity index is 573. The molecule has 0 bridgehead atoms. The number of ether oxygens (including phenoxy) is 2. The Labute approximate surface area is 129 Å². The first-order chi connectivity index (χ1) is 10.7. The van der Waals surface area contributed by atoms with Gasteiger partial charge in [0.1, 0.15) is 13.2 Å². The molecule has 6 nitrogen and oxygen atoms in total. The second kappa shape index (κ2) is 6.68. The van der Waals surface area contributed by atoms with Gasteiger partial charge in [0.25, 0.3) is 0 Å². The monoisotopic (exact) mass is 304 g/mol. The second-order valence-corrected chi connectivity index (χ2v) is 5.50. The van der Waals surface area contributed by atoms with E-state index in [-0.39, 0.29) is 18.4 Å². The first-order valence-corrected chi connectivity index (χ1v) is 7.65. The fourth-order valence-electron chi connectivity index (χ4n) is 2.69. The molecule has 0 unspecified atom stereocenters. The Kier molecular flexibility index (Phi) is 4.46. The van der Waals surface area contributed by atoms with Crippen LogP contribution in [0.5, 0.6) is 11.5 Å². The highest BCUT2D eigenvalue weighted by Gasteiger charge is 2.22. The number of rotatable bonds is 5. The van der Waals surface area contributed by atoms with Crippen LogP contribution in [0.15, 0.2) is 18.2 Å². The van der Waals surface area contributed by atoms with E-state index >= 15 is 0 Å². The van der Waals surface area contributed by atoms with Gasteiger partial charge in [-0.1, -0.05) is 6.07 Å². The fourth-order valence-corrected chi connectivity index (χ4v) is 2.69. The van der Waals surface area contributed by atoms with Crippen LogP contribution < -0.4 is 14.8 Å². The molecule has 0 aliphatic carbocycles. The summed E-state index contributed by atoms with van der Waals surface area (Å²) < 4.78 is 11.0. The number of hydrogen-bond acceptors (Lipinski definition) is 4. The summed E-state index contributed by atoms with van der Waals surface area (Å²) >= 11 is 0. The quantitative estimate of drug-likeness (QED) is 0.871. The predicted molar refractivity (Wildman–Crippen MR) is 80.0 cm³/mol. The minimum atomic E-state index is -0.104. The molecule has 0 atom stereocenters. The minimum absolute atomic E-state index is 0.0713. The molecule has 1 aromatic rings. The smallest absolute Gasteiger partial charge is 0.239 e. The average Bonchev–Trinajstić information content (AvgIpc) is 2.92. The Balaban J connectivity index is 1.44. The Morgan fingerprint density at radius 1 is 1.23 bits per heavy atom. The van der Waals surface area contributed by atoms with Crippen molar-refractivity contribution in [3.8, 4) is 11.5 Å². The number of hydrogen-bond donors (Lipinski definition) is 1. The number of benzene rings is 1. The van der Waals surface area contributed by atoms with E-state index in [2.05, 4.69) is 5.32 Å². The molecule has 1 fully saturated rings. The zero-order valence-corrected chi connectivity index (χ0v) is 12.5. The van der Waals surface area contributed by atoms with E-state index in [1.54, 1.807) is 4.90 Å². The van der Waals surface area contributed by atoms with E-state index in [0.717, 1.165) is 29.9 Å². The molecule has 1 N–H and O–H groups in total. The molecule has 2 amide bonds. The molecule has 1 saturated heterocycles. The van der Waals surface area contributed by atoms with Gasteiger partial charge < -0.3 is 19.7 Å². The fraction of sp³-hybridized carbons (Fsp3) is 0.500. The lowest BCUT2D eigenvalue weighted by Gasteiger charge is -2.19. The molecule has 0 radical (unpaired) electrons. The van der Waals surface area contributed by atoms with E-state index in [1.807, 2.05) is 18.2 Å². The SMILES string of the molecule is O=C(CN1CCCC1=O)NCCc1ccc2c(c1)OCCO2. The van der Waals surface area contributed by atoms with Crippen LogP contribution >= 0.6 is 0 Å². The van der Waals surface area contributed by atoms with Crippen molar-refractivity contribution in [2.24, 2.45) is 0 Å².